The van der Waals surface area contributed by atoms with Gasteiger partial charge in [-0.2, -0.15) is 0 Å². The minimum atomic E-state index is 0. The molecule has 2 aliphatic rings. The SMILES string of the molecule is CCNC(=NCC(c1ccc(OC)cc1)N1CCCC1)NCCOCC1CC1.I. The minimum Gasteiger partial charge on any atom is -0.497 e. The van der Waals surface area contributed by atoms with E-state index in [1.807, 2.05) is 12.1 Å². The predicted molar refractivity (Wildman–Crippen MR) is 129 cm³/mol. The highest BCUT2D eigenvalue weighted by atomic mass is 127. The van der Waals surface area contributed by atoms with Crippen molar-refractivity contribution in [1.82, 2.24) is 15.5 Å². The molecule has 3 rings (SSSR count). The molecule has 1 saturated heterocycles. The fourth-order valence-electron chi connectivity index (χ4n) is 3.61. The Morgan fingerprint density at radius 3 is 2.52 bits per heavy atom. The molecule has 2 fully saturated rings. The smallest absolute Gasteiger partial charge is 0.191 e. The second-order valence-electron chi connectivity index (χ2n) is 7.70. The van der Waals surface area contributed by atoms with Crippen LogP contribution in [-0.4, -0.2) is 63.9 Å². The first-order valence-corrected chi connectivity index (χ1v) is 10.8. The molecule has 1 heterocycles. The van der Waals surface area contributed by atoms with Crippen LogP contribution in [0.4, 0.5) is 0 Å². The molecule has 164 valence electrons. The number of hydrogen-bond donors (Lipinski definition) is 2. The molecule has 0 spiro atoms. The first kappa shape index (κ1) is 24.2. The zero-order chi connectivity index (χ0) is 19.6. The Kier molecular flexibility index (Phi) is 11.1. The first-order valence-electron chi connectivity index (χ1n) is 10.8. The third-order valence-electron chi connectivity index (χ3n) is 5.44. The molecule has 1 atom stereocenters. The summed E-state index contributed by atoms with van der Waals surface area (Å²) in [5, 5.41) is 6.76. The molecule has 2 N–H and O–H groups in total. The molecule has 1 aliphatic heterocycles. The maximum Gasteiger partial charge on any atom is 0.191 e. The molecule has 1 aromatic rings. The van der Waals surface area contributed by atoms with Crippen LogP contribution in [0.2, 0.25) is 0 Å². The molecular weight excluding hydrogens is 479 g/mol. The van der Waals surface area contributed by atoms with Gasteiger partial charge in [0.05, 0.1) is 26.3 Å². The van der Waals surface area contributed by atoms with Crippen LogP contribution >= 0.6 is 24.0 Å². The quantitative estimate of drug-likeness (QED) is 0.204. The summed E-state index contributed by atoms with van der Waals surface area (Å²) in [6.07, 6.45) is 5.21. The van der Waals surface area contributed by atoms with E-state index in [0.29, 0.717) is 6.04 Å². The van der Waals surface area contributed by atoms with Crippen LogP contribution in [0.25, 0.3) is 0 Å². The van der Waals surface area contributed by atoms with Gasteiger partial charge in [-0.15, -0.1) is 24.0 Å². The first-order chi connectivity index (χ1) is 13.8. The van der Waals surface area contributed by atoms with Crippen LogP contribution in [-0.2, 0) is 4.74 Å². The lowest BCUT2D eigenvalue weighted by Gasteiger charge is -2.27. The van der Waals surface area contributed by atoms with Crippen LogP contribution in [0.3, 0.4) is 0 Å². The highest BCUT2D eigenvalue weighted by Gasteiger charge is 2.23. The third kappa shape index (κ3) is 8.30. The van der Waals surface area contributed by atoms with Crippen molar-refractivity contribution in [2.45, 2.75) is 38.6 Å². The van der Waals surface area contributed by atoms with E-state index in [0.717, 1.165) is 63.6 Å². The molecule has 1 saturated carbocycles. The number of halogens is 1. The fourth-order valence-corrected chi connectivity index (χ4v) is 3.61. The highest BCUT2D eigenvalue weighted by molar-refractivity contribution is 14.0. The molecule has 6 nitrogen and oxygen atoms in total. The van der Waals surface area contributed by atoms with Crippen LogP contribution in [0, 0.1) is 5.92 Å². The second-order valence-corrected chi connectivity index (χ2v) is 7.70. The van der Waals surface area contributed by atoms with E-state index in [4.69, 9.17) is 14.5 Å². The van der Waals surface area contributed by atoms with Gasteiger partial charge in [-0.25, -0.2) is 0 Å². The Morgan fingerprint density at radius 2 is 1.90 bits per heavy atom. The Hall–Kier alpha value is -1.06. The van der Waals surface area contributed by atoms with Gasteiger partial charge in [0, 0.05) is 19.7 Å². The van der Waals surface area contributed by atoms with E-state index in [1.165, 1.54) is 31.2 Å². The van der Waals surface area contributed by atoms with Gasteiger partial charge in [-0.3, -0.25) is 9.89 Å². The Bertz CT molecular complexity index is 601. The summed E-state index contributed by atoms with van der Waals surface area (Å²) in [5.74, 6) is 2.58. The molecule has 0 bridgehead atoms. The zero-order valence-electron chi connectivity index (χ0n) is 17.9. The summed E-state index contributed by atoms with van der Waals surface area (Å²) < 4.78 is 11.0. The zero-order valence-corrected chi connectivity index (χ0v) is 20.2. The summed E-state index contributed by atoms with van der Waals surface area (Å²) in [6.45, 7) is 8.41. The van der Waals surface area contributed by atoms with Gasteiger partial charge in [0.25, 0.3) is 0 Å². The van der Waals surface area contributed by atoms with E-state index >= 15 is 0 Å². The van der Waals surface area contributed by atoms with Gasteiger partial charge in [0.2, 0.25) is 0 Å². The number of aliphatic imine (C=N–C) groups is 1. The second kappa shape index (κ2) is 13.3. The standard InChI is InChI=1S/C22H36N4O2.HI/c1-3-23-22(24-12-15-28-17-18-6-7-18)25-16-21(26-13-4-5-14-26)19-8-10-20(27-2)11-9-19;/h8-11,18,21H,3-7,12-17H2,1-2H3,(H2,23,24,25);1H. The van der Waals surface area contributed by atoms with Crippen LogP contribution in [0.1, 0.15) is 44.2 Å². The maximum atomic E-state index is 5.72. The molecule has 0 amide bonds. The van der Waals surface area contributed by atoms with E-state index < -0.39 is 0 Å². The van der Waals surface area contributed by atoms with Crippen molar-refractivity contribution < 1.29 is 9.47 Å². The lowest BCUT2D eigenvalue weighted by Crippen LogP contribution is -2.40. The maximum absolute atomic E-state index is 5.72. The van der Waals surface area contributed by atoms with Gasteiger partial charge in [-0.05, 0) is 69.3 Å². The highest BCUT2D eigenvalue weighted by Crippen LogP contribution is 2.28. The van der Waals surface area contributed by atoms with Crippen molar-refractivity contribution in [1.29, 1.82) is 0 Å². The molecule has 0 aromatic heterocycles. The number of hydrogen-bond acceptors (Lipinski definition) is 4. The fraction of sp³-hybridized carbons (Fsp3) is 0.682. The van der Waals surface area contributed by atoms with Crippen molar-refractivity contribution in [2.24, 2.45) is 10.9 Å². The van der Waals surface area contributed by atoms with E-state index in [1.54, 1.807) is 7.11 Å². The lowest BCUT2D eigenvalue weighted by molar-refractivity contribution is 0.129. The normalized spacial score (nSPS) is 18.2. The monoisotopic (exact) mass is 516 g/mol. The summed E-state index contributed by atoms with van der Waals surface area (Å²) in [5.41, 5.74) is 1.30. The van der Waals surface area contributed by atoms with Gasteiger partial charge < -0.3 is 20.1 Å². The topological polar surface area (TPSA) is 58.1 Å². The van der Waals surface area contributed by atoms with E-state index in [2.05, 4.69) is 34.6 Å². The summed E-state index contributed by atoms with van der Waals surface area (Å²) >= 11 is 0. The number of benzene rings is 1. The molecule has 1 aliphatic carbocycles. The number of likely N-dealkylation sites (tertiary alicyclic amines) is 1. The average Bonchev–Trinajstić information content (AvgIpc) is 3.39. The molecular formula is C22H37IN4O2. The van der Waals surface area contributed by atoms with Crippen molar-refractivity contribution in [3.63, 3.8) is 0 Å². The van der Waals surface area contributed by atoms with Crippen molar-refractivity contribution in [3.8, 4) is 5.75 Å². The Labute approximate surface area is 192 Å². The van der Waals surface area contributed by atoms with Gasteiger partial charge in [0.1, 0.15) is 5.75 Å². The molecule has 1 aromatic carbocycles. The Balaban J connectivity index is 0.00000300. The minimum absolute atomic E-state index is 0. The van der Waals surface area contributed by atoms with Gasteiger partial charge in [0.15, 0.2) is 5.96 Å². The van der Waals surface area contributed by atoms with Crippen molar-refractivity contribution in [2.75, 3.05) is 53.0 Å². The number of guanidine groups is 1. The van der Waals surface area contributed by atoms with Crippen LogP contribution < -0.4 is 15.4 Å². The third-order valence-corrected chi connectivity index (χ3v) is 5.44. The molecule has 1 unspecified atom stereocenters. The number of methoxy groups -OCH3 is 1. The number of ether oxygens (including phenoxy) is 2. The van der Waals surface area contributed by atoms with E-state index in [9.17, 15) is 0 Å². The lowest BCUT2D eigenvalue weighted by atomic mass is 10.1. The number of nitrogens with one attached hydrogen (secondary N) is 2. The predicted octanol–water partition coefficient (Wildman–Crippen LogP) is 3.43. The van der Waals surface area contributed by atoms with Gasteiger partial charge in [-0.1, -0.05) is 12.1 Å². The summed E-state index contributed by atoms with van der Waals surface area (Å²) in [4.78, 5) is 7.44. The van der Waals surface area contributed by atoms with Crippen LogP contribution in [0.15, 0.2) is 29.3 Å². The molecule has 29 heavy (non-hydrogen) atoms. The number of rotatable bonds is 11. The van der Waals surface area contributed by atoms with E-state index in [-0.39, 0.29) is 24.0 Å². The number of nitrogens with zero attached hydrogens (tertiary/aromatic N) is 2. The Morgan fingerprint density at radius 1 is 1.17 bits per heavy atom. The van der Waals surface area contributed by atoms with Crippen LogP contribution in [0.5, 0.6) is 5.75 Å². The summed E-state index contributed by atoms with van der Waals surface area (Å²) in [6, 6.07) is 8.73. The molecule has 0 radical (unpaired) electrons. The van der Waals surface area contributed by atoms with Crippen molar-refractivity contribution in [3.05, 3.63) is 29.8 Å². The van der Waals surface area contributed by atoms with Gasteiger partial charge >= 0.3 is 0 Å². The van der Waals surface area contributed by atoms with Crippen molar-refractivity contribution >= 4 is 29.9 Å². The largest absolute Gasteiger partial charge is 0.497 e. The molecule has 7 heteroatoms. The average molecular weight is 516 g/mol. The summed E-state index contributed by atoms with van der Waals surface area (Å²) in [7, 11) is 1.71.